The summed E-state index contributed by atoms with van der Waals surface area (Å²) in [6.07, 6.45) is 1.42. The third-order valence-electron chi connectivity index (χ3n) is 4.13. The van der Waals surface area contributed by atoms with Crippen molar-refractivity contribution in [2.75, 3.05) is 33.8 Å². The number of amides is 2. The molecule has 0 bridgehead atoms. The minimum absolute atomic E-state index is 0.00731. The van der Waals surface area contributed by atoms with E-state index in [4.69, 9.17) is 16.3 Å². The Kier molecular flexibility index (Phi) is 5.88. The zero-order valence-electron chi connectivity index (χ0n) is 13.8. The predicted molar refractivity (Wildman–Crippen MR) is 89.7 cm³/mol. The molecule has 1 saturated heterocycles. The largest absolute Gasteiger partial charge is 0.484 e. The average molecular weight is 339 g/mol. The summed E-state index contributed by atoms with van der Waals surface area (Å²) in [6.45, 7) is 3.11. The first-order chi connectivity index (χ1) is 10.9. The highest BCUT2D eigenvalue weighted by Crippen LogP contribution is 2.22. The van der Waals surface area contributed by atoms with Crippen molar-refractivity contribution >= 4 is 23.4 Å². The molecule has 5 nitrogen and oxygen atoms in total. The Balaban J connectivity index is 1.81. The molecule has 0 aromatic heterocycles. The first kappa shape index (κ1) is 17.6. The minimum atomic E-state index is -0.0478. The number of piperidine rings is 1. The third-order valence-corrected chi connectivity index (χ3v) is 4.55. The maximum Gasteiger partial charge on any atom is 0.260 e. The molecule has 0 atom stereocenters. The molecule has 2 amide bonds. The minimum Gasteiger partial charge on any atom is -0.484 e. The zero-order valence-corrected chi connectivity index (χ0v) is 14.6. The first-order valence-electron chi connectivity index (χ1n) is 7.76. The van der Waals surface area contributed by atoms with Crippen molar-refractivity contribution in [3.63, 3.8) is 0 Å². The summed E-state index contributed by atoms with van der Waals surface area (Å²) < 4.78 is 5.54. The normalized spacial score (nSPS) is 15.4. The highest BCUT2D eigenvalue weighted by Gasteiger charge is 2.28. The van der Waals surface area contributed by atoms with E-state index in [9.17, 15) is 9.59 Å². The first-order valence-corrected chi connectivity index (χ1v) is 8.14. The Morgan fingerprint density at radius 1 is 1.30 bits per heavy atom. The van der Waals surface area contributed by atoms with Gasteiger partial charge in [-0.3, -0.25) is 9.59 Å². The van der Waals surface area contributed by atoms with Gasteiger partial charge in [0.1, 0.15) is 5.75 Å². The fourth-order valence-corrected chi connectivity index (χ4v) is 2.80. The summed E-state index contributed by atoms with van der Waals surface area (Å²) in [7, 11) is 3.53. The van der Waals surface area contributed by atoms with Crippen LogP contribution in [0.1, 0.15) is 18.4 Å². The second kappa shape index (κ2) is 7.68. The summed E-state index contributed by atoms with van der Waals surface area (Å²) in [6, 6.07) is 5.33. The van der Waals surface area contributed by atoms with E-state index in [1.807, 2.05) is 13.0 Å². The fraction of sp³-hybridized carbons (Fsp3) is 0.529. The van der Waals surface area contributed by atoms with Gasteiger partial charge in [0, 0.05) is 38.1 Å². The van der Waals surface area contributed by atoms with Gasteiger partial charge in [-0.05, 0) is 43.5 Å². The van der Waals surface area contributed by atoms with E-state index in [2.05, 4.69) is 0 Å². The summed E-state index contributed by atoms with van der Waals surface area (Å²) in [4.78, 5) is 27.5. The number of hydrogen-bond donors (Lipinski definition) is 0. The molecule has 0 spiro atoms. The highest BCUT2D eigenvalue weighted by atomic mass is 35.5. The van der Waals surface area contributed by atoms with Crippen LogP contribution < -0.4 is 4.74 Å². The van der Waals surface area contributed by atoms with Crippen molar-refractivity contribution in [2.24, 2.45) is 5.92 Å². The monoisotopic (exact) mass is 338 g/mol. The molecule has 1 aromatic carbocycles. The number of hydrogen-bond acceptors (Lipinski definition) is 3. The SMILES string of the molecule is Cc1cc(OCC(=O)N2CCC(C(=O)N(C)C)CC2)ccc1Cl. The van der Waals surface area contributed by atoms with E-state index in [1.54, 1.807) is 36.0 Å². The number of halogens is 1. The van der Waals surface area contributed by atoms with Crippen molar-refractivity contribution in [1.29, 1.82) is 0 Å². The Morgan fingerprint density at radius 3 is 2.52 bits per heavy atom. The highest BCUT2D eigenvalue weighted by molar-refractivity contribution is 6.31. The second-order valence-corrected chi connectivity index (χ2v) is 6.49. The van der Waals surface area contributed by atoms with Gasteiger partial charge in [-0.15, -0.1) is 0 Å². The lowest BCUT2D eigenvalue weighted by Gasteiger charge is -2.32. The van der Waals surface area contributed by atoms with Crippen molar-refractivity contribution < 1.29 is 14.3 Å². The Labute approximate surface area is 142 Å². The number of aryl methyl sites for hydroxylation is 1. The van der Waals surface area contributed by atoms with Crippen LogP contribution in [0.25, 0.3) is 0 Å². The van der Waals surface area contributed by atoms with Gasteiger partial charge < -0.3 is 14.5 Å². The molecule has 1 aromatic rings. The molecule has 1 fully saturated rings. The lowest BCUT2D eigenvalue weighted by molar-refractivity contribution is -0.140. The van der Waals surface area contributed by atoms with Crippen molar-refractivity contribution in [3.8, 4) is 5.75 Å². The molecule has 1 aliphatic heterocycles. The van der Waals surface area contributed by atoms with E-state index >= 15 is 0 Å². The van der Waals surface area contributed by atoms with Crippen LogP contribution in [0, 0.1) is 12.8 Å². The van der Waals surface area contributed by atoms with Gasteiger partial charge in [0.15, 0.2) is 6.61 Å². The zero-order chi connectivity index (χ0) is 17.0. The molecule has 23 heavy (non-hydrogen) atoms. The maximum absolute atomic E-state index is 12.2. The predicted octanol–water partition coefficient (Wildman–Crippen LogP) is 2.35. The Bertz CT molecular complexity index is 581. The van der Waals surface area contributed by atoms with Gasteiger partial charge in [0.05, 0.1) is 0 Å². The van der Waals surface area contributed by atoms with Crippen molar-refractivity contribution in [3.05, 3.63) is 28.8 Å². The number of carbonyl (C=O) groups is 2. The van der Waals surface area contributed by atoms with Gasteiger partial charge in [-0.1, -0.05) is 11.6 Å². The molecule has 0 saturated carbocycles. The van der Waals surface area contributed by atoms with E-state index in [-0.39, 0.29) is 24.3 Å². The molecular formula is C17H23ClN2O3. The van der Waals surface area contributed by atoms with E-state index in [0.717, 1.165) is 5.56 Å². The lowest BCUT2D eigenvalue weighted by atomic mass is 9.95. The van der Waals surface area contributed by atoms with Gasteiger partial charge in [-0.25, -0.2) is 0 Å². The standard InChI is InChI=1S/C17H23ClN2O3/c1-12-10-14(4-5-15(12)18)23-11-16(21)20-8-6-13(7-9-20)17(22)19(2)3/h4-5,10,13H,6-9,11H2,1-3H3. The average Bonchev–Trinajstić information content (AvgIpc) is 2.55. The third kappa shape index (κ3) is 4.61. The molecule has 1 aliphatic rings. The smallest absolute Gasteiger partial charge is 0.260 e. The number of rotatable bonds is 4. The molecular weight excluding hydrogens is 316 g/mol. The fourth-order valence-electron chi connectivity index (χ4n) is 2.68. The second-order valence-electron chi connectivity index (χ2n) is 6.09. The van der Waals surface area contributed by atoms with Gasteiger partial charge >= 0.3 is 0 Å². The maximum atomic E-state index is 12.2. The molecule has 0 unspecified atom stereocenters. The molecule has 0 N–H and O–H groups in total. The number of ether oxygens (including phenoxy) is 1. The summed E-state index contributed by atoms with van der Waals surface area (Å²) in [5, 5.41) is 0.677. The number of carbonyl (C=O) groups excluding carboxylic acids is 2. The topological polar surface area (TPSA) is 49.9 Å². The van der Waals surface area contributed by atoms with E-state index in [1.165, 1.54) is 0 Å². The van der Waals surface area contributed by atoms with Crippen LogP contribution in [-0.4, -0.2) is 55.4 Å². The van der Waals surface area contributed by atoms with Crippen molar-refractivity contribution in [1.82, 2.24) is 9.80 Å². The van der Waals surface area contributed by atoms with Crippen LogP contribution in [0.15, 0.2) is 18.2 Å². The Hall–Kier alpha value is -1.75. The summed E-state index contributed by atoms with van der Waals surface area (Å²) in [5.41, 5.74) is 0.916. The molecule has 0 aliphatic carbocycles. The van der Waals surface area contributed by atoms with Crippen LogP contribution in [0.3, 0.4) is 0 Å². The van der Waals surface area contributed by atoms with Gasteiger partial charge in [0.25, 0.3) is 5.91 Å². The summed E-state index contributed by atoms with van der Waals surface area (Å²) in [5.74, 6) is 0.755. The quantitative estimate of drug-likeness (QED) is 0.846. The number of likely N-dealkylation sites (tertiary alicyclic amines) is 1. The van der Waals surface area contributed by atoms with Crippen LogP contribution in [0.5, 0.6) is 5.75 Å². The summed E-state index contributed by atoms with van der Waals surface area (Å²) >= 11 is 5.96. The van der Waals surface area contributed by atoms with Crippen LogP contribution in [0.2, 0.25) is 5.02 Å². The molecule has 6 heteroatoms. The number of nitrogens with zero attached hydrogens (tertiary/aromatic N) is 2. The van der Waals surface area contributed by atoms with E-state index in [0.29, 0.717) is 36.7 Å². The van der Waals surface area contributed by atoms with Gasteiger partial charge in [-0.2, -0.15) is 0 Å². The van der Waals surface area contributed by atoms with Gasteiger partial charge in [0.2, 0.25) is 5.91 Å². The van der Waals surface area contributed by atoms with Crippen LogP contribution in [-0.2, 0) is 9.59 Å². The molecule has 126 valence electrons. The van der Waals surface area contributed by atoms with Crippen LogP contribution in [0.4, 0.5) is 0 Å². The van der Waals surface area contributed by atoms with Crippen LogP contribution >= 0.6 is 11.6 Å². The molecule has 1 heterocycles. The van der Waals surface area contributed by atoms with E-state index < -0.39 is 0 Å². The van der Waals surface area contributed by atoms with Crippen molar-refractivity contribution in [2.45, 2.75) is 19.8 Å². The molecule has 2 rings (SSSR count). The lowest BCUT2D eigenvalue weighted by Crippen LogP contribution is -2.44. The molecule has 0 radical (unpaired) electrons. The Morgan fingerprint density at radius 2 is 1.96 bits per heavy atom. The number of benzene rings is 1.